The number of hydrogen-bond acceptors (Lipinski definition) is 2. The van der Waals surface area contributed by atoms with Crippen molar-refractivity contribution in [3.05, 3.63) is 34.4 Å². The molecule has 0 saturated carbocycles. The highest BCUT2D eigenvalue weighted by Crippen LogP contribution is 2.25. The first kappa shape index (κ1) is 14.5. The highest BCUT2D eigenvalue weighted by atomic mass is 16.5. The monoisotopic (exact) mass is 261 g/mol. The summed E-state index contributed by atoms with van der Waals surface area (Å²) in [5, 5.41) is 3.46. The van der Waals surface area contributed by atoms with Gasteiger partial charge in [-0.2, -0.15) is 0 Å². The van der Waals surface area contributed by atoms with E-state index in [1.54, 1.807) is 0 Å². The molecule has 0 amide bonds. The quantitative estimate of drug-likeness (QED) is 0.898. The molecule has 1 aliphatic heterocycles. The summed E-state index contributed by atoms with van der Waals surface area (Å²) in [6.07, 6.45) is 4.21. The van der Waals surface area contributed by atoms with Crippen molar-refractivity contribution in [2.24, 2.45) is 0 Å². The number of ether oxygens (including phenoxy) is 1. The molecular weight excluding hydrogens is 234 g/mol. The standard InChI is InChI=1S/C17H27NO/c1-11-8-12(2)15(13(3)9-11)10-16(18-5)17-7-6-14(4)19-17/h8-9,14,16-18H,6-7,10H2,1-5H3. The lowest BCUT2D eigenvalue weighted by atomic mass is 9.92. The topological polar surface area (TPSA) is 21.3 Å². The van der Waals surface area contributed by atoms with Crippen LogP contribution in [0, 0.1) is 20.8 Å². The van der Waals surface area contributed by atoms with E-state index < -0.39 is 0 Å². The summed E-state index contributed by atoms with van der Waals surface area (Å²) in [4.78, 5) is 0. The number of hydrogen-bond donors (Lipinski definition) is 1. The second-order valence-electron chi connectivity index (χ2n) is 6.04. The van der Waals surface area contributed by atoms with E-state index in [9.17, 15) is 0 Å². The summed E-state index contributed by atoms with van der Waals surface area (Å²) in [6.45, 7) is 8.79. The SMILES string of the molecule is CNC(Cc1c(C)cc(C)cc1C)C1CCC(C)O1. The Bertz CT molecular complexity index is 418. The van der Waals surface area contributed by atoms with Crippen molar-refractivity contribution in [2.45, 2.75) is 65.2 Å². The maximum absolute atomic E-state index is 6.03. The first-order valence-electron chi connectivity index (χ1n) is 7.40. The zero-order valence-electron chi connectivity index (χ0n) is 12.9. The molecule has 3 atom stereocenters. The smallest absolute Gasteiger partial charge is 0.0735 e. The van der Waals surface area contributed by atoms with Crippen molar-refractivity contribution in [1.29, 1.82) is 0 Å². The molecule has 0 radical (unpaired) electrons. The third kappa shape index (κ3) is 3.37. The predicted octanol–water partition coefficient (Wildman–Crippen LogP) is 3.31. The van der Waals surface area contributed by atoms with E-state index in [0.717, 1.165) is 6.42 Å². The second-order valence-corrected chi connectivity index (χ2v) is 6.04. The third-order valence-corrected chi connectivity index (χ3v) is 4.35. The average Bonchev–Trinajstić information content (AvgIpc) is 2.75. The minimum atomic E-state index is 0.361. The molecule has 1 aliphatic rings. The van der Waals surface area contributed by atoms with Crippen molar-refractivity contribution in [2.75, 3.05) is 7.05 Å². The molecule has 0 spiro atoms. The van der Waals surface area contributed by atoms with Crippen LogP contribution in [0.3, 0.4) is 0 Å². The van der Waals surface area contributed by atoms with Gasteiger partial charge in [0.1, 0.15) is 0 Å². The number of benzene rings is 1. The Morgan fingerprint density at radius 3 is 2.32 bits per heavy atom. The van der Waals surface area contributed by atoms with Gasteiger partial charge in [0.05, 0.1) is 12.2 Å². The molecule has 1 aromatic carbocycles. The van der Waals surface area contributed by atoms with E-state index in [4.69, 9.17) is 4.74 Å². The Morgan fingerprint density at radius 2 is 1.84 bits per heavy atom. The highest BCUT2D eigenvalue weighted by molar-refractivity contribution is 5.38. The van der Waals surface area contributed by atoms with Crippen LogP contribution in [0.2, 0.25) is 0 Å². The summed E-state index contributed by atoms with van der Waals surface area (Å²) in [5.74, 6) is 0. The van der Waals surface area contributed by atoms with E-state index in [2.05, 4.69) is 52.2 Å². The van der Waals surface area contributed by atoms with Crippen LogP contribution in [0.5, 0.6) is 0 Å². The number of aryl methyl sites for hydroxylation is 3. The Morgan fingerprint density at radius 1 is 1.21 bits per heavy atom. The van der Waals surface area contributed by atoms with Gasteiger partial charge in [0.2, 0.25) is 0 Å². The molecule has 1 heterocycles. The van der Waals surface area contributed by atoms with Crippen molar-refractivity contribution in [3.63, 3.8) is 0 Å². The van der Waals surface area contributed by atoms with Crippen LogP contribution in [0.1, 0.15) is 42.0 Å². The van der Waals surface area contributed by atoms with Crippen LogP contribution in [0.4, 0.5) is 0 Å². The Labute approximate surface area is 117 Å². The maximum Gasteiger partial charge on any atom is 0.0735 e. The molecule has 106 valence electrons. The molecule has 1 saturated heterocycles. The van der Waals surface area contributed by atoms with E-state index in [1.807, 2.05) is 0 Å². The number of nitrogens with one attached hydrogen (secondary N) is 1. The summed E-state index contributed by atoms with van der Waals surface area (Å²) in [7, 11) is 2.05. The molecule has 0 aromatic heterocycles. The Hall–Kier alpha value is -0.860. The molecule has 2 rings (SSSR count). The lowest BCUT2D eigenvalue weighted by molar-refractivity contribution is 0.0337. The van der Waals surface area contributed by atoms with Gasteiger partial charge in [-0.15, -0.1) is 0 Å². The van der Waals surface area contributed by atoms with Crippen molar-refractivity contribution >= 4 is 0 Å². The highest BCUT2D eigenvalue weighted by Gasteiger charge is 2.29. The normalized spacial score (nSPS) is 24.7. The minimum Gasteiger partial charge on any atom is -0.374 e. The Kier molecular flexibility index (Phi) is 4.64. The molecule has 2 nitrogen and oxygen atoms in total. The van der Waals surface area contributed by atoms with Gasteiger partial charge in [-0.05, 0) is 70.7 Å². The third-order valence-electron chi connectivity index (χ3n) is 4.35. The van der Waals surface area contributed by atoms with Crippen LogP contribution in [0.25, 0.3) is 0 Å². The number of rotatable bonds is 4. The fourth-order valence-corrected chi connectivity index (χ4v) is 3.30. The van der Waals surface area contributed by atoms with E-state index in [0.29, 0.717) is 18.2 Å². The van der Waals surface area contributed by atoms with Gasteiger partial charge in [-0.1, -0.05) is 17.7 Å². The lowest BCUT2D eigenvalue weighted by Crippen LogP contribution is -2.39. The molecule has 0 aliphatic carbocycles. The molecular formula is C17H27NO. The molecule has 0 bridgehead atoms. The van der Waals surface area contributed by atoms with E-state index in [-0.39, 0.29) is 0 Å². The fraction of sp³-hybridized carbons (Fsp3) is 0.647. The largest absolute Gasteiger partial charge is 0.374 e. The van der Waals surface area contributed by atoms with Crippen LogP contribution < -0.4 is 5.32 Å². The summed E-state index contributed by atoms with van der Waals surface area (Å²) < 4.78 is 6.03. The predicted molar refractivity (Wildman–Crippen MR) is 80.8 cm³/mol. The van der Waals surface area contributed by atoms with Crippen molar-refractivity contribution in [3.8, 4) is 0 Å². The molecule has 2 heteroatoms. The molecule has 19 heavy (non-hydrogen) atoms. The Balaban J connectivity index is 2.14. The molecule has 1 aromatic rings. The first-order valence-corrected chi connectivity index (χ1v) is 7.40. The van der Waals surface area contributed by atoms with Gasteiger partial charge >= 0.3 is 0 Å². The van der Waals surface area contributed by atoms with Gasteiger partial charge in [-0.3, -0.25) is 0 Å². The van der Waals surface area contributed by atoms with Crippen LogP contribution in [-0.2, 0) is 11.2 Å². The average molecular weight is 261 g/mol. The molecule has 1 N–H and O–H groups in total. The van der Waals surface area contributed by atoms with Crippen LogP contribution in [0.15, 0.2) is 12.1 Å². The molecule has 3 unspecified atom stereocenters. The fourth-order valence-electron chi connectivity index (χ4n) is 3.30. The second kappa shape index (κ2) is 6.06. The lowest BCUT2D eigenvalue weighted by Gasteiger charge is -2.25. The van der Waals surface area contributed by atoms with Gasteiger partial charge in [-0.25, -0.2) is 0 Å². The maximum atomic E-state index is 6.03. The number of likely N-dealkylation sites (N-methyl/N-ethyl adjacent to an activating group) is 1. The van der Waals surface area contributed by atoms with E-state index >= 15 is 0 Å². The first-order chi connectivity index (χ1) is 9.01. The zero-order chi connectivity index (χ0) is 14.0. The van der Waals surface area contributed by atoms with E-state index in [1.165, 1.54) is 35.1 Å². The summed E-state index contributed by atoms with van der Waals surface area (Å²) >= 11 is 0. The van der Waals surface area contributed by atoms with Gasteiger partial charge in [0.25, 0.3) is 0 Å². The van der Waals surface area contributed by atoms with Crippen LogP contribution in [-0.4, -0.2) is 25.3 Å². The van der Waals surface area contributed by atoms with Crippen molar-refractivity contribution < 1.29 is 4.74 Å². The van der Waals surface area contributed by atoms with Crippen LogP contribution >= 0.6 is 0 Å². The minimum absolute atomic E-state index is 0.361. The molecule has 1 fully saturated rings. The summed E-state index contributed by atoms with van der Waals surface area (Å²) in [5.41, 5.74) is 5.64. The van der Waals surface area contributed by atoms with Gasteiger partial charge < -0.3 is 10.1 Å². The summed E-state index contributed by atoms with van der Waals surface area (Å²) in [6, 6.07) is 4.99. The van der Waals surface area contributed by atoms with Gasteiger partial charge in [0, 0.05) is 6.04 Å². The van der Waals surface area contributed by atoms with Gasteiger partial charge in [0.15, 0.2) is 0 Å². The zero-order valence-corrected chi connectivity index (χ0v) is 12.9. The van der Waals surface area contributed by atoms with Crippen molar-refractivity contribution in [1.82, 2.24) is 5.32 Å².